The summed E-state index contributed by atoms with van der Waals surface area (Å²) in [6.45, 7) is 12.0. The molecule has 0 aromatic rings. The Hall–Kier alpha value is -0.600. The van der Waals surface area contributed by atoms with Crippen LogP contribution in [0, 0.1) is 0 Å². The van der Waals surface area contributed by atoms with Crippen molar-refractivity contribution in [1.82, 2.24) is 0 Å². The minimum Gasteiger partial charge on any atom is -0.386 e. The highest BCUT2D eigenvalue weighted by Crippen LogP contribution is 2.15. The molecule has 0 heterocycles. The van der Waals surface area contributed by atoms with Crippen molar-refractivity contribution >= 4 is 0 Å². The zero-order valence-corrected chi connectivity index (χ0v) is 9.71. The van der Waals surface area contributed by atoms with Gasteiger partial charge in [-0.05, 0) is 34.1 Å². The van der Waals surface area contributed by atoms with Crippen LogP contribution < -0.4 is 0 Å². The fraction of sp³-hybridized carbons (Fsp3) is 0.667. The van der Waals surface area contributed by atoms with Crippen LogP contribution in [0.3, 0.4) is 0 Å². The summed E-state index contributed by atoms with van der Waals surface area (Å²) in [6, 6.07) is 0. The second-order valence-corrected chi connectivity index (χ2v) is 4.20. The van der Waals surface area contributed by atoms with E-state index in [9.17, 15) is 5.11 Å². The van der Waals surface area contributed by atoms with E-state index in [4.69, 9.17) is 4.74 Å². The van der Waals surface area contributed by atoms with Gasteiger partial charge in [0, 0.05) is 6.61 Å². The molecule has 0 bridgehead atoms. The minimum atomic E-state index is -0.821. The predicted molar refractivity (Wildman–Crippen MR) is 60.3 cm³/mol. The van der Waals surface area contributed by atoms with Gasteiger partial charge in [0.25, 0.3) is 0 Å². The Morgan fingerprint density at radius 3 is 2.36 bits per heavy atom. The summed E-state index contributed by atoms with van der Waals surface area (Å²) >= 11 is 0. The Morgan fingerprint density at radius 1 is 1.36 bits per heavy atom. The third kappa shape index (κ3) is 5.95. The zero-order chi connectivity index (χ0) is 11.2. The lowest BCUT2D eigenvalue weighted by Crippen LogP contribution is -2.22. The SMILES string of the molecule is C=CC(C)(O)C/C=C/C(C)(C)OCC. The molecule has 0 aromatic heterocycles. The average Bonchev–Trinajstić information content (AvgIpc) is 2.03. The predicted octanol–water partition coefficient (Wildman–Crippen LogP) is 2.68. The third-order valence-corrected chi connectivity index (χ3v) is 2.01. The Labute approximate surface area is 87.3 Å². The molecule has 82 valence electrons. The lowest BCUT2D eigenvalue weighted by molar-refractivity contribution is 0.0279. The number of ether oxygens (including phenoxy) is 1. The van der Waals surface area contributed by atoms with E-state index in [0.29, 0.717) is 13.0 Å². The molecule has 0 rings (SSSR count). The molecule has 1 atom stereocenters. The molecule has 0 saturated heterocycles. The highest BCUT2D eigenvalue weighted by atomic mass is 16.5. The summed E-state index contributed by atoms with van der Waals surface area (Å²) in [7, 11) is 0. The van der Waals surface area contributed by atoms with Gasteiger partial charge in [-0.2, -0.15) is 0 Å². The van der Waals surface area contributed by atoms with Crippen LogP contribution in [-0.2, 0) is 4.74 Å². The van der Waals surface area contributed by atoms with Crippen LogP contribution in [0.5, 0.6) is 0 Å². The van der Waals surface area contributed by atoms with Crippen molar-refractivity contribution < 1.29 is 9.84 Å². The number of hydrogen-bond acceptors (Lipinski definition) is 2. The summed E-state index contributed by atoms with van der Waals surface area (Å²) in [6.07, 6.45) is 6.00. The smallest absolute Gasteiger partial charge is 0.0831 e. The summed E-state index contributed by atoms with van der Waals surface area (Å²) in [4.78, 5) is 0. The number of hydrogen-bond donors (Lipinski definition) is 1. The van der Waals surface area contributed by atoms with Crippen molar-refractivity contribution in [1.29, 1.82) is 0 Å². The first-order chi connectivity index (χ1) is 6.33. The molecule has 14 heavy (non-hydrogen) atoms. The van der Waals surface area contributed by atoms with Crippen LogP contribution in [0.4, 0.5) is 0 Å². The molecule has 0 amide bonds. The fourth-order valence-electron chi connectivity index (χ4n) is 1.08. The molecule has 0 aromatic carbocycles. The van der Waals surface area contributed by atoms with Crippen molar-refractivity contribution in [3.8, 4) is 0 Å². The highest BCUT2D eigenvalue weighted by molar-refractivity contribution is 5.03. The number of aliphatic hydroxyl groups is 1. The Balaban J connectivity index is 4.11. The molecule has 2 heteroatoms. The maximum Gasteiger partial charge on any atom is 0.0831 e. The van der Waals surface area contributed by atoms with Gasteiger partial charge in [-0.3, -0.25) is 0 Å². The van der Waals surface area contributed by atoms with Crippen LogP contribution in [-0.4, -0.2) is 22.9 Å². The van der Waals surface area contributed by atoms with Crippen molar-refractivity contribution in [2.75, 3.05) is 6.61 Å². The monoisotopic (exact) mass is 198 g/mol. The maximum atomic E-state index is 9.64. The average molecular weight is 198 g/mol. The van der Waals surface area contributed by atoms with Crippen molar-refractivity contribution in [3.05, 3.63) is 24.8 Å². The molecule has 0 aliphatic carbocycles. The Morgan fingerprint density at radius 2 is 1.93 bits per heavy atom. The van der Waals surface area contributed by atoms with Gasteiger partial charge in [0.05, 0.1) is 11.2 Å². The highest BCUT2D eigenvalue weighted by Gasteiger charge is 2.15. The van der Waals surface area contributed by atoms with Crippen LogP contribution in [0.2, 0.25) is 0 Å². The van der Waals surface area contributed by atoms with Crippen molar-refractivity contribution in [2.24, 2.45) is 0 Å². The molecule has 0 fully saturated rings. The van der Waals surface area contributed by atoms with Crippen molar-refractivity contribution in [2.45, 2.75) is 45.3 Å². The van der Waals surface area contributed by atoms with Gasteiger partial charge in [0.15, 0.2) is 0 Å². The lowest BCUT2D eigenvalue weighted by Gasteiger charge is -2.21. The Bertz CT molecular complexity index is 202. The van der Waals surface area contributed by atoms with Gasteiger partial charge in [0.1, 0.15) is 0 Å². The van der Waals surface area contributed by atoms with Gasteiger partial charge in [-0.1, -0.05) is 18.2 Å². The van der Waals surface area contributed by atoms with E-state index >= 15 is 0 Å². The van der Waals surface area contributed by atoms with Crippen LogP contribution in [0.25, 0.3) is 0 Å². The van der Waals surface area contributed by atoms with E-state index in [1.54, 1.807) is 13.0 Å². The first-order valence-electron chi connectivity index (χ1n) is 5.00. The topological polar surface area (TPSA) is 29.5 Å². The molecule has 1 unspecified atom stereocenters. The van der Waals surface area contributed by atoms with Gasteiger partial charge in [-0.25, -0.2) is 0 Å². The standard InChI is InChI=1S/C12H22O2/c1-6-12(5,13)10-8-9-11(3,4)14-7-2/h6,8-9,13H,1,7,10H2,2-5H3/b9-8+. The molecule has 0 radical (unpaired) electrons. The minimum absolute atomic E-state index is 0.258. The second kappa shape index (κ2) is 5.32. The normalized spacial score (nSPS) is 16.9. The Kier molecular flexibility index (Phi) is 5.09. The maximum absolute atomic E-state index is 9.64. The molecule has 0 saturated carbocycles. The first-order valence-corrected chi connectivity index (χ1v) is 5.00. The van der Waals surface area contributed by atoms with E-state index < -0.39 is 5.60 Å². The van der Waals surface area contributed by atoms with Crippen LogP contribution in [0.1, 0.15) is 34.1 Å². The quantitative estimate of drug-likeness (QED) is 0.665. The van der Waals surface area contributed by atoms with Crippen LogP contribution in [0.15, 0.2) is 24.8 Å². The third-order valence-electron chi connectivity index (χ3n) is 2.01. The lowest BCUT2D eigenvalue weighted by atomic mass is 10.0. The molecule has 0 spiro atoms. The second-order valence-electron chi connectivity index (χ2n) is 4.20. The molecular weight excluding hydrogens is 176 g/mol. The summed E-state index contributed by atoms with van der Waals surface area (Å²) in [5.41, 5.74) is -1.08. The molecule has 0 aliphatic rings. The molecule has 1 N–H and O–H groups in total. The van der Waals surface area contributed by atoms with Gasteiger partial charge >= 0.3 is 0 Å². The van der Waals surface area contributed by atoms with Gasteiger partial charge < -0.3 is 9.84 Å². The van der Waals surface area contributed by atoms with E-state index in [0.717, 1.165) is 0 Å². The molecule has 2 nitrogen and oxygen atoms in total. The van der Waals surface area contributed by atoms with E-state index in [1.807, 2.05) is 32.9 Å². The van der Waals surface area contributed by atoms with E-state index in [2.05, 4.69) is 6.58 Å². The molecule has 0 aliphatic heterocycles. The van der Waals surface area contributed by atoms with E-state index in [-0.39, 0.29) is 5.60 Å². The first kappa shape index (κ1) is 13.4. The van der Waals surface area contributed by atoms with Gasteiger partial charge in [-0.15, -0.1) is 6.58 Å². The summed E-state index contributed by atoms with van der Waals surface area (Å²) in [5, 5.41) is 9.64. The summed E-state index contributed by atoms with van der Waals surface area (Å²) < 4.78 is 5.48. The molecular formula is C12H22O2. The number of rotatable bonds is 6. The fourth-order valence-corrected chi connectivity index (χ4v) is 1.08. The largest absolute Gasteiger partial charge is 0.386 e. The van der Waals surface area contributed by atoms with Crippen LogP contribution >= 0.6 is 0 Å². The zero-order valence-electron chi connectivity index (χ0n) is 9.71. The van der Waals surface area contributed by atoms with E-state index in [1.165, 1.54) is 0 Å². The summed E-state index contributed by atoms with van der Waals surface area (Å²) in [5.74, 6) is 0. The van der Waals surface area contributed by atoms with Gasteiger partial charge in [0.2, 0.25) is 0 Å². The van der Waals surface area contributed by atoms with Crippen molar-refractivity contribution in [3.63, 3.8) is 0 Å².